The lowest BCUT2D eigenvalue weighted by atomic mass is 10.1. The molecule has 1 aliphatic heterocycles. The summed E-state index contributed by atoms with van der Waals surface area (Å²) in [6.07, 6.45) is 2.15. The van der Waals surface area contributed by atoms with Crippen LogP contribution in [-0.4, -0.2) is 26.1 Å². The molecule has 1 aromatic heterocycles. The van der Waals surface area contributed by atoms with Crippen molar-refractivity contribution in [1.82, 2.24) is 0 Å². The number of furan rings is 1. The van der Waals surface area contributed by atoms with Gasteiger partial charge in [0.05, 0.1) is 11.5 Å². The summed E-state index contributed by atoms with van der Waals surface area (Å²) in [5, 5.41) is -0.507. The molecule has 0 bridgehead atoms. The van der Waals surface area contributed by atoms with Gasteiger partial charge in [-0.1, -0.05) is 0 Å². The molecule has 0 radical (unpaired) electrons. The van der Waals surface area contributed by atoms with Crippen LogP contribution in [0.2, 0.25) is 0 Å². The van der Waals surface area contributed by atoms with Gasteiger partial charge in [-0.3, -0.25) is 9.52 Å². The first-order valence-electron chi connectivity index (χ1n) is 7.38. The maximum atomic E-state index is 12.4. The molecule has 2 aromatic rings. The fourth-order valence-corrected chi connectivity index (χ4v) is 3.18. The Balaban J connectivity index is 1.85. The van der Waals surface area contributed by atoms with E-state index in [0.717, 1.165) is 11.3 Å². The van der Waals surface area contributed by atoms with Crippen molar-refractivity contribution in [3.63, 3.8) is 0 Å². The van der Waals surface area contributed by atoms with Gasteiger partial charge in [0.2, 0.25) is 10.0 Å². The first kappa shape index (κ1) is 15.6. The largest absolute Gasteiger partial charge is 0.459 e. The van der Waals surface area contributed by atoms with Crippen LogP contribution in [0.4, 0.5) is 11.4 Å². The number of amides is 1. The third kappa shape index (κ3) is 2.96. The van der Waals surface area contributed by atoms with Crippen LogP contribution in [0.3, 0.4) is 0 Å². The van der Waals surface area contributed by atoms with Crippen molar-refractivity contribution < 1.29 is 17.6 Å². The van der Waals surface area contributed by atoms with E-state index < -0.39 is 15.3 Å². The molecule has 3 rings (SSSR count). The Labute approximate surface area is 135 Å². The van der Waals surface area contributed by atoms with E-state index in [9.17, 15) is 13.2 Å². The molecule has 1 N–H and O–H groups in total. The zero-order valence-corrected chi connectivity index (χ0v) is 13.8. The predicted octanol–water partition coefficient (Wildman–Crippen LogP) is 2.63. The van der Waals surface area contributed by atoms with Crippen LogP contribution in [0, 0.1) is 0 Å². The highest BCUT2D eigenvalue weighted by molar-refractivity contribution is 7.93. The molecule has 0 spiro atoms. The molecule has 2 heterocycles. The summed E-state index contributed by atoms with van der Waals surface area (Å²) in [6, 6.07) is 8.53. The fourth-order valence-electron chi connectivity index (χ4n) is 2.49. The predicted molar refractivity (Wildman–Crippen MR) is 88.2 cm³/mol. The molecule has 1 aromatic carbocycles. The summed E-state index contributed by atoms with van der Waals surface area (Å²) < 4.78 is 31.6. The summed E-state index contributed by atoms with van der Waals surface area (Å²) in [5.41, 5.74) is 2.25. The van der Waals surface area contributed by atoms with Gasteiger partial charge in [0.1, 0.15) is 0 Å². The van der Waals surface area contributed by atoms with Crippen LogP contribution in [0.5, 0.6) is 0 Å². The van der Waals surface area contributed by atoms with Crippen LogP contribution in [0.25, 0.3) is 0 Å². The Morgan fingerprint density at radius 3 is 2.74 bits per heavy atom. The van der Waals surface area contributed by atoms with Gasteiger partial charge in [0.15, 0.2) is 5.76 Å². The average molecular weight is 334 g/mol. The molecule has 6 nitrogen and oxygen atoms in total. The number of nitrogens with one attached hydrogen (secondary N) is 1. The van der Waals surface area contributed by atoms with E-state index in [-0.39, 0.29) is 5.91 Å². The number of fused-ring (bicyclic) bond motifs is 1. The van der Waals surface area contributed by atoms with E-state index in [2.05, 4.69) is 4.72 Å². The number of carbonyl (C=O) groups excluding carboxylic acids is 1. The number of anilines is 2. The number of hydrogen-bond acceptors (Lipinski definition) is 4. The van der Waals surface area contributed by atoms with Crippen molar-refractivity contribution in [3.05, 3.63) is 47.9 Å². The van der Waals surface area contributed by atoms with Gasteiger partial charge in [-0.2, -0.15) is 0 Å². The molecule has 1 aliphatic rings. The maximum Gasteiger partial charge on any atom is 0.293 e. The van der Waals surface area contributed by atoms with Gasteiger partial charge in [0, 0.05) is 17.9 Å². The van der Waals surface area contributed by atoms with Crippen molar-refractivity contribution in [3.8, 4) is 0 Å². The number of rotatable bonds is 4. The summed E-state index contributed by atoms with van der Waals surface area (Å²) >= 11 is 0. The van der Waals surface area contributed by atoms with Crippen molar-refractivity contribution >= 4 is 27.3 Å². The SMILES string of the molecule is CC(C)S(=O)(=O)Nc1ccc2c(c1)CCN2C(=O)c1ccco1. The molecule has 0 fully saturated rings. The Morgan fingerprint density at radius 1 is 1.30 bits per heavy atom. The van der Waals surface area contributed by atoms with Gasteiger partial charge in [-0.25, -0.2) is 8.42 Å². The molecule has 0 aliphatic carbocycles. The highest BCUT2D eigenvalue weighted by atomic mass is 32.2. The van der Waals surface area contributed by atoms with Crippen molar-refractivity contribution in [2.45, 2.75) is 25.5 Å². The fraction of sp³-hybridized carbons (Fsp3) is 0.312. The first-order chi connectivity index (χ1) is 10.9. The average Bonchev–Trinajstić information content (AvgIpc) is 3.15. The topological polar surface area (TPSA) is 79.6 Å². The molecule has 0 saturated heterocycles. The quantitative estimate of drug-likeness (QED) is 0.932. The Bertz CT molecular complexity index is 826. The second kappa shape index (κ2) is 5.73. The number of sulfonamides is 1. The van der Waals surface area contributed by atoms with Crippen LogP contribution < -0.4 is 9.62 Å². The number of carbonyl (C=O) groups is 1. The number of nitrogens with zero attached hydrogens (tertiary/aromatic N) is 1. The summed E-state index contributed by atoms with van der Waals surface area (Å²) in [4.78, 5) is 14.0. The molecule has 0 atom stereocenters. The third-order valence-electron chi connectivity index (χ3n) is 3.83. The summed E-state index contributed by atoms with van der Waals surface area (Å²) in [6.45, 7) is 3.80. The molecular weight excluding hydrogens is 316 g/mol. The van der Waals surface area contributed by atoms with Gasteiger partial charge >= 0.3 is 0 Å². The normalized spacial score (nSPS) is 14.1. The van der Waals surface area contributed by atoms with E-state index in [4.69, 9.17) is 4.42 Å². The molecule has 122 valence electrons. The van der Waals surface area contributed by atoms with Gasteiger partial charge < -0.3 is 9.32 Å². The smallest absolute Gasteiger partial charge is 0.293 e. The van der Waals surface area contributed by atoms with Crippen LogP contribution in [0.15, 0.2) is 41.0 Å². The molecular formula is C16H18N2O4S. The highest BCUT2D eigenvalue weighted by Gasteiger charge is 2.27. The second-order valence-corrected chi connectivity index (χ2v) is 7.96. The molecule has 23 heavy (non-hydrogen) atoms. The highest BCUT2D eigenvalue weighted by Crippen LogP contribution is 2.32. The van der Waals surface area contributed by atoms with Crippen LogP contribution in [-0.2, 0) is 16.4 Å². The Kier molecular flexibility index (Phi) is 3.89. The van der Waals surface area contributed by atoms with E-state index in [0.29, 0.717) is 24.4 Å². The van der Waals surface area contributed by atoms with E-state index in [1.807, 2.05) is 0 Å². The van der Waals surface area contributed by atoms with Crippen molar-refractivity contribution in [2.75, 3.05) is 16.2 Å². The molecule has 7 heteroatoms. The number of benzene rings is 1. The van der Waals surface area contributed by atoms with Gasteiger partial charge in [0.25, 0.3) is 5.91 Å². The van der Waals surface area contributed by atoms with E-state index >= 15 is 0 Å². The molecule has 0 unspecified atom stereocenters. The van der Waals surface area contributed by atoms with Crippen molar-refractivity contribution in [2.24, 2.45) is 0 Å². The molecule has 1 amide bonds. The molecule has 0 saturated carbocycles. The minimum absolute atomic E-state index is 0.190. The number of hydrogen-bond donors (Lipinski definition) is 1. The zero-order valence-electron chi connectivity index (χ0n) is 12.9. The Hall–Kier alpha value is -2.28. The summed E-state index contributed by atoms with van der Waals surface area (Å²) in [7, 11) is -3.38. The Morgan fingerprint density at radius 2 is 2.09 bits per heavy atom. The second-order valence-electron chi connectivity index (χ2n) is 5.72. The van der Waals surface area contributed by atoms with E-state index in [1.54, 1.807) is 49.1 Å². The standard InChI is InChI=1S/C16H18N2O4S/c1-11(2)23(20,21)17-13-5-6-14-12(10-13)7-8-18(14)16(19)15-4-3-9-22-15/h3-6,9-11,17H,7-8H2,1-2H3. The lowest BCUT2D eigenvalue weighted by Gasteiger charge is -2.16. The minimum Gasteiger partial charge on any atom is -0.459 e. The lowest BCUT2D eigenvalue weighted by molar-refractivity contribution is 0.0963. The van der Waals surface area contributed by atoms with Crippen LogP contribution in [0.1, 0.15) is 30.0 Å². The minimum atomic E-state index is -3.38. The lowest BCUT2D eigenvalue weighted by Crippen LogP contribution is -2.28. The van der Waals surface area contributed by atoms with Gasteiger partial charge in [-0.05, 0) is 56.2 Å². The third-order valence-corrected chi connectivity index (χ3v) is 5.59. The van der Waals surface area contributed by atoms with Crippen molar-refractivity contribution in [1.29, 1.82) is 0 Å². The maximum absolute atomic E-state index is 12.4. The first-order valence-corrected chi connectivity index (χ1v) is 8.93. The monoisotopic (exact) mass is 334 g/mol. The van der Waals surface area contributed by atoms with Crippen LogP contribution >= 0.6 is 0 Å². The zero-order chi connectivity index (χ0) is 16.6. The summed E-state index contributed by atoms with van der Waals surface area (Å²) in [5.74, 6) is 0.103. The van der Waals surface area contributed by atoms with Gasteiger partial charge in [-0.15, -0.1) is 0 Å². The van der Waals surface area contributed by atoms with E-state index in [1.165, 1.54) is 6.26 Å².